The maximum absolute atomic E-state index is 11.8. The predicted molar refractivity (Wildman–Crippen MR) is 68.2 cm³/mol. The van der Waals surface area contributed by atoms with Crippen molar-refractivity contribution < 1.29 is 13.5 Å². The molecule has 0 bridgehead atoms. The molecule has 0 fully saturated rings. The Balaban J connectivity index is 3.11. The minimum atomic E-state index is -3.38. The highest BCUT2D eigenvalue weighted by molar-refractivity contribution is 9.11. The number of hydrogen-bond donors (Lipinski definition) is 1. The van der Waals surface area contributed by atoms with E-state index in [0.29, 0.717) is 5.56 Å². The number of aliphatic hydroxyl groups excluding tert-OH is 1. The molecule has 1 rings (SSSR count). The Morgan fingerprint density at radius 2 is 1.88 bits per heavy atom. The van der Waals surface area contributed by atoms with Gasteiger partial charge in [-0.1, -0.05) is 53.2 Å². The van der Waals surface area contributed by atoms with Gasteiger partial charge in [0.1, 0.15) is 6.10 Å². The third-order valence-corrected chi connectivity index (χ3v) is 6.70. The summed E-state index contributed by atoms with van der Waals surface area (Å²) in [7, 11) is -3.38. The molecule has 16 heavy (non-hydrogen) atoms. The molecular weight excluding hydrogens is 292 g/mol. The van der Waals surface area contributed by atoms with E-state index >= 15 is 0 Å². The van der Waals surface area contributed by atoms with Crippen molar-refractivity contribution >= 4 is 25.8 Å². The van der Waals surface area contributed by atoms with Crippen LogP contribution >= 0.6 is 15.9 Å². The summed E-state index contributed by atoms with van der Waals surface area (Å²) in [5.74, 6) is -0.0152. The van der Waals surface area contributed by atoms with Gasteiger partial charge in [0.25, 0.3) is 0 Å². The SMILES string of the molecule is CCS(=O)(=O)C(C)(Br)C(O)c1ccccc1. The van der Waals surface area contributed by atoms with E-state index in [1.165, 1.54) is 6.92 Å². The quantitative estimate of drug-likeness (QED) is 0.868. The van der Waals surface area contributed by atoms with E-state index in [0.717, 1.165) is 0 Å². The lowest BCUT2D eigenvalue weighted by atomic mass is 10.1. The summed E-state index contributed by atoms with van der Waals surface area (Å²) in [6, 6.07) is 8.75. The van der Waals surface area contributed by atoms with Crippen LogP contribution in [0.3, 0.4) is 0 Å². The Labute approximate surface area is 105 Å². The van der Waals surface area contributed by atoms with Gasteiger partial charge in [-0.15, -0.1) is 0 Å². The molecule has 0 spiro atoms. The number of hydrogen-bond acceptors (Lipinski definition) is 3. The summed E-state index contributed by atoms with van der Waals surface area (Å²) >= 11 is 3.13. The highest BCUT2D eigenvalue weighted by Gasteiger charge is 2.42. The lowest BCUT2D eigenvalue weighted by Gasteiger charge is -2.28. The molecule has 90 valence electrons. The molecule has 5 heteroatoms. The van der Waals surface area contributed by atoms with Crippen molar-refractivity contribution in [1.29, 1.82) is 0 Å². The van der Waals surface area contributed by atoms with Gasteiger partial charge in [-0.3, -0.25) is 0 Å². The summed E-state index contributed by atoms with van der Waals surface area (Å²) in [5.41, 5.74) is 0.582. The van der Waals surface area contributed by atoms with Gasteiger partial charge >= 0.3 is 0 Å². The van der Waals surface area contributed by atoms with Crippen LogP contribution in [-0.2, 0) is 9.84 Å². The third-order valence-electron chi connectivity index (χ3n) is 2.59. The minimum Gasteiger partial charge on any atom is -0.386 e. The average molecular weight is 307 g/mol. The van der Waals surface area contributed by atoms with Crippen molar-refractivity contribution in [3.8, 4) is 0 Å². The standard InChI is InChI=1S/C11H15BrO3S/c1-3-16(14,15)11(2,12)10(13)9-7-5-4-6-8-9/h4-8,10,13H,3H2,1-2H3. The molecule has 2 atom stereocenters. The van der Waals surface area contributed by atoms with Crippen LogP contribution in [0.4, 0.5) is 0 Å². The molecule has 2 unspecified atom stereocenters. The lowest BCUT2D eigenvalue weighted by Crippen LogP contribution is -2.36. The van der Waals surface area contributed by atoms with Crippen LogP contribution in [0.25, 0.3) is 0 Å². The normalized spacial score (nSPS) is 17.8. The topological polar surface area (TPSA) is 54.4 Å². The first kappa shape index (κ1) is 13.7. The van der Waals surface area contributed by atoms with Crippen LogP contribution in [-0.4, -0.2) is 22.9 Å². The highest BCUT2D eigenvalue weighted by Crippen LogP contribution is 2.38. The van der Waals surface area contributed by atoms with Crippen molar-refractivity contribution in [3.63, 3.8) is 0 Å². The van der Waals surface area contributed by atoms with Gasteiger partial charge in [-0.25, -0.2) is 8.42 Å². The molecule has 0 heterocycles. The van der Waals surface area contributed by atoms with Gasteiger partial charge in [0.15, 0.2) is 13.5 Å². The first-order valence-corrected chi connectivity index (χ1v) is 7.41. The molecule has 0 aliphatic heterocycles. The zero-order valence-electron chi connectivity index (χ0n) is 9.22. The first-order valence-electron chi connectivity index (χ1n) is 4.97. The van der Waals surface area contributed by atoms with Crippen molar-refractivity contribution in [2.45, 2.75) is 23.6 Å². The van der Waals surface area contributed by atoms with Crippen LogP contribution in [0.1, 0.15) is 25.5 Å². The van der Waals surface area contributed by atoms with E-state index in [4.69, 9.17) is 0 Å². The Bertz CT molecular complexity index is 440. The van der Waals surface area contributed by atoms with Crippen molar-refractivity contribution in [2.24, 2.45) is 0 Å². The van der Waals surface area contributed by atoms with E-state index in [-0.39, 0.29) is 5.75 Å². The molecule has 0 aliphatic carbocycles. The van der Waals surface area contributed by atoms with Crippen molar-refractivity contribution in [1.82, 2.24) is 0 Å². The average Bonchev–Trinajstić information content (AvgIpc) is 2.29. The number of rotatable bonds is 4. The van der Waals surface area contributed by atoms with Gasteiger partial charge in [-0.2, -0.15) is 0 Å². The molecular formula is C11H15BrO3S. The van der Waals surface area contributed by atoms with Gasteiger partial charge < -0.3 is 5.11 Å². The van der Waals surface area contributed by atoms with Crippen LogP contribution in [0, 0.1) is 0 Å². The summed E-state index contributed by atoms with van der Waals surface area (Å²) in [5, 5.41) is 10.1. The Morgan fingerprint density at radius 1 is 1.38 bits per heavy atom. The van der Waals surface area contributed by atoms with Crippen LogP contribution in [0.5, 0.6) is 0 Å². The molecule has 0 saturated carbocycles. The second-order valence-electron chi connectivity index (χ2n) is 3.70. The number of sulfone groups is 1. The number of aliphatic hydroxyl groups is 1. The fourth-order valence-corrected chi connectivity index (χ4v) is 3.38. The summed E-state index contributed by atoms with van der Waals surface area (Å²) < 4.78 is 22.3. The van der Waals surface area contributed by atoms with E-state index in [9.17, 15) is 13.5 Å². The molecule has 3 nitrogen and oxygen atoms in total. The first-order chi connectivity index (χ1) is 7.33. The fraction of sp³-hybridized carbons (Fsp3) is 0.455. The summed E-state index contributed by atoms with van der Waals surface area (Å²) in [4.78, 5) is 0. The Morgan fingerprint density at radius 3 is 2.31 bits per heavy atom. The molecule has 1 aromatic rings. The second kappa shape index (κ2) is 4.85. The van der Waals surface area contributed by atoms with Crippen LogP contribution in [0.15, 0.2) is 30.3 Å². The van der Waals surface area contributed by atoms with Gasteiger partial charge in [0.2, 0.25) is 0 Å². The summed E-state index contributed by atoms with van der Waals surface area (Å²) in [6.07, 6.45) is -1.08. The van der Waals surface area contributed by atoms with Gasteiger partial charge in [0, 0.05) is 5.75 Å². The highest BCUT2D eigenvalue weighted by atomic mass is 79.9. The largest absolute Gasteiger partial charge is 0.386 e. The maximum Gasteiger partial charge on any atom is 0.168 e. The fourth-order valence-electron chi connectivity index (χ4n) is 1.39. The monoisotopic (exact) mass is 306 g/mol. The molecule has 0 amide bonds. The molecule has 0 radical (unpaired) electrons. The second-order valence-corrected chi connectivity index (χ2v) is 8.53. The molecule has 0 saturated heterocycles. The summed E-state index contributed by atoms with van der Waals surface area (Å²) in [6.45, 7) is 3.04. The van der Waals surface area contributed by atoms with Crippen molar-refractivity contribution in [2.75, 3.05) is 5.75 Å². The third kappa shape index (κ3) is 2.47. The van der Waals surface area contributed by atoms with Gasteiger partial charge in [0.05, 0.1) is 0 Å². The lowest BCUT2D eigenvalue weighted by molar-refractivity contribution is 0.167. The zero-order chi connectivity index (χ0) is 12.4. The zero-order valence-corrected chi connectivity index (χ0v) is 11.6. The maximum atomic E-state index is 11.8. The van der Waals surface area contributed by atoms with Crippen LogP contribution < -0.4 is 0 Å². The molecule has 1 N–H and O–H groups in total. The van der Waals surface area contributed by atoms with Crippen LogP contribution in [0.2, 0.25) is 0 Å². The Hall–Kier alpha value is -0.390. The smallest absolute Gasteiger partial charge is 0.168 e. The van der Waals surface area contributed by atoms with E-state index < -0.39 is 19.6 Å². The Kier molecular flexibility index (Phi) is 4.15. The van der Waals surface area contributed by atoms with E-state index in [1.807, 2.05) is 6.07 Å². The van der Waals surface area contributed by atoms with Crippen molar-refractivity contribution in [3.05, 3.63) is 35.9 Å². The molecule has 0 aromatic heterocycles. The predicted octanol–water partition coefficient (Wildman–Crippen LogP) is 2.27. The number of benzene rings is 1. The number of halogens is 1. The number of alkyl halides is 1. The minimum absolute atomic E-state index is 0.0152. The molecule has 0 aliphatic rings. The van der Waals surface area contributed by atoms with E-state index in [1.54, 1.807) is 31.2 Å². The van der Waals surface area contributed by atoms with E-state index in [2.05, 4.69) is 15.9 Å². The molecule has 1 aromatic carbocycles. The van der Waals surface area contributed by atoms with Gasteiger partial charge in [-0.05, 0) is 12.5 Å².